The van der Waals surface area contributed by atoms with Crippen LogP contribution in [-0.2, 0) is 0 Å². The standard InChI is InChI=1S/C22H15Cl3FN7O/c1-2-13(31-20-18-19(28-8-27-18)29-9-30-20)21-32-14-5-4-12(26)17(25)16(14)22(34)33(21)15-6-3-10(23)7-11(15)24/h3-9,13H,2H2,1H3,(H2,27,28,29,30,31). The third-order valence-corrected chi connectivity index (χ3v) is 6.26. The van der Waals surface area contributed by atoms with Crippen LogP contribution in [0.15, 0.2) is 47.8 Å². The third-order valence-electron chi connectivity index (χ3n) is 5.35. The van der Waals surface area contributed by atoms with E-state index in [1.807, 2.05) is 6.92 Å². The van der Waals surface area contributed by atoms with Crippen LogP contribution in [0.25, 0.3) is 27.8 Å². The molecule has 5 aromatic rings. The molecule has 1 atom stereocenters. The zero-order chi connectivity index (χ0) is 24.0. The van der Waals surface area contributed by atoms with Gasteiger partial charge in [-0.1, -0.05) is 41.7 Å². The number of rotatable bonds is 5. The van der Waals surface area contributed by atoms with E-state index >= 15 is 0 Å². The fourth-order valence-corrected chi connectivity index (χ4v) is 4.47. The molecule has 0 amide bonds. The first-order valence-electron chi connectivity index (χ1n) is 10.2. The predicted molar refractivity (Wildman–Crippen MR) is 131 cm³/mol. The van der Waals surface area contributed by atoms with E-state index in [9.17, 15) is 9.18 Å². The van der Waals surface area contributed by atoms with Crippen molar-refractivity contribution in [2.24, 2.45) is 0 Å². The molecular formula is C22H15Cl3FN7O. The second-order valence-electron chi connectivity index (χ2n) is 7.39. The largest absolute Gasteiger partial charge is 0.358 e. The molecule has 0 aliphatic rings. The summed E-state index contributed by atoms with van der Waals surface area (Å²) in [4.78, 5) is 34.1. The topological polar surface area (TPSA) is 101 Å². The summed E-state index contributed by atoms with van der Waals surface area (Å²) in [6.07, 6.45) is 3.42. The molecule has 0 saturated heterocycles. The highest BCUT2D eigenvalue weighted by molar-refractivity contribution is 6.36. The van der Waals surface area contributed by atoms with E-state index in [2.05, 4.69) is 25.3 Å². The van der Waals surface area contributed by atoms with Gasteiger partial charge >= 0.3 is 0 Å². The lowest BCUT2D eigenvalue weighted by atomic mass is 10.1. The minimum absolute atomic E-state index is 0.0528. The van der Waals surface area contributed by atoms with Gasteiger partial charge in [0.2, 0.25) is 0 Å². The molecule has 0 fully saturated rings. The van der Waals surface area contributed by atoms with E-state index in [1.54, 1.807) is 12.1 Å². The Balaban J connectivity index is 1.78. The van der Waals surface area contributed by atoms with Gasteiger partial charge < -0.3 is 10.3 Å². The number of halogens is 4. The molecule has 1 unspecified atom stereocenters. The average Bonchev–Trinajstić information content (AvgIpc) is 3.30. The maximum Gasteiger partial charge on any atom is 0.267 e. The van der Waals surface area contributed by atoms with Crippen LogP contribution in [-0.4, -0.2) is 29.5 Å². The Morgan fingerprint density at radius 1 is 1.15 bits per heavy atom. The highest BCUT2D eigenvalue weighted by atomic mass is 35.5. The van der Waals surface area contributed by atoms with Crippen molar-refractivity contribution in [1.29, 1.82) is 0 Å². The Labute approximate surface area is 206 Å². The van der Waals surface area contributed by atoms with Gasteiger partial charge in [0.05, 0.1) is 39.0 Å². The van der Waals surface area contributed by atoms with Crippen LogP contribution in [0.4, 0.5) is 10.2 Å². The van der Waals surface area contributed by atoms with E-state index in [0.717, 1.165) is 0 Å². The smallest absolute Gasteiger partial charge is 0.267 e. The van der Waals surface area contributed by atoms with Crippen molar-refractivity contribution < 1.29 is 4.39 Å². The van der Waals surface area contributed by atoms with Crippen LogP contribution >= 0.6 is 34.8 Å². The minimum Gasteiger partial charge on any atom is -0.358 e. The van der Waals surface area contributed by atoms with Crippen LogP contribution in [0.1, 0.15) is 25.2 Å². The number of imidazole rings is 1. The minimum atomic E-state index is -0.721. The van der Waals surface area contributed by atoms with Crippen LogP contribution in [0, 0.1) is 5.82 Å². The summed E-state index contributed by atoms with van der Waals surface area (Å²) in [6, 6.07) is 6.79. The molecule has 2 aromatic carbocycles. The molecule has 5 rings (SSSR count). The van der Waals surface area contributed by atoms with Crippen molar-refractivity contribution in [3.63, 3.8) is 0 Å². The van der Waals surface area contributed by atoms with E-state index in [4.69, 9.17) is 39.8 Å². The first-order valence-corrected chi connectivity index (χ1v) is 11.3. The molecule has 12 heteroatoms. The summed E-state index contributed by atoms with van der Waals surface area (Å²) in [7, 11) is 0. The van der Waals surface area contributed by atoms with Crippen molar-refractivity contribution in [2.45, 2.75) is 19.4 Å². The maximum atomic E-state index is 14.2. The number of hydrogen-bond acceptors (Lipinski definition) is 6. The molecule has 0 spiro atoms. The van der Waals surface area contributed by atoms with Crippen LogP contribution in [0.2, 0.25) is 15.1 Å². The van der Waals surface area contributed by atoms with E-state index in [-0.39, 0.29) is 20.9 Å². The van der Waals surface area contributed by atoms with Crippen molar-refractivity contribution in [3.8, 4) is 5.69 Å². The van der Waals surface area contributed by atoms with Gasteiger partial charge in [-0.05, 0) is 36.8 Å². The van der Waals surface area contributed by atoms with Crippen LogP contribution < -0.4 is 10.9 Å². The van der Waals surface area contributed by atoms with Gasteiger partial charge in [0.15, 0.2) is 11.5 Å². The van der Waals surface area contributed by atoms with E-state index in [1.165, 1.54) is 35.4 Å². The fraction of sp³-hybridized carbons (Fsp3) is 0.136. The number of anilines is 1. The fourth-order valence-electron chi connectivity index (χ4n) is 3.74. The van der Waals surface area contributed by atoms with Gasteiger partial charge in [-0.3, -0.25) is 9.36 Å². The number of aromatic nitrogens is 6. The lowest BCUT2D eigenvalue weighted by molar-refractivity contribution is 0.628. The lowest BCUT2D eigenvalue weighted by Crippen LogP contribution is -2.29. The normalized spacial score (nSPS) is 12.4. The van der Waals surface area contributed by atoms with Crippen molar-refractivity contribution >= 4 is 62.7 Å². The molecular weight excluding hydrogens is 504 g/mol. The Bertz CT molecular complexity index is 1620. The molecule has 0 saturated carbocycles. The molecule has 3 aromatic heterocycles. The average molecular weight is 519 g/mol. The Kier molecular flexibility index (Phi) is 5.85. The Hall–Kier alpha value is -3.27. The van der Waals surface area contributed by atoms with Gasteiger partial charge in [0, 0.05) is 5.02 Å². The second kappa shape index (κ2) is 8.83. The summed E-state index contributed by atoms with van der Waals surface area (Å²) in [6.45, 7) is 1.92. The number of nitrogens with one attached hydrogen (secondary N) is 2. The van der Waals surface area contributed by atoms with Gasteiger partial charge in [-0.2, -0.15) is 0 Å². The zero-order valence-corrected chi connectivity index (χ0v) is 19.7. The van der Waals surface area contributed by atoms with Crippen LogP contribution in [0.3, 0.4) is 0 Å². The molecule has 0 aliphatic carbocycles. The summed E-state index contributed by atoms with van der Waals surface area (Å²) in [5, 5.41) is 3.55. The number of hydrogen-bond donors (Lipinski definition) is 2. The molecule has 172 valence electrons. The zero-order valence-electron chi connectivity index (χ0n) is 17.5. The van der Waals surface area contributed by atoms with Gasteiger partial charge in [-0.25, -0.2) is 24.3 Å². The first kappa shape index (κ1) is 22.5. The molecule has 0 aliphatic heterocycles. The Morgan fingerprint density at radius 2 is 1.97 bits per heavy atom. The molecule has 34 heavy (non-hydrogen) atoms. The highest BCUT2D eigenvalue weighted by Crippen LogP contribution is 2.31. The number of H-pyrrole nitrogens is 1. The van der Waals surface area contributed by atoms with Crippen molar-refractivity contribution in [1.82, 2.24) is 29.5 Å². The summed E-state index contributed by atoms with van der Waals surface area (Å²) in [5.41, 5.74) is 1.10. The lowest BCUT2D eigenvalue weighted by Gasteiger charge is -2.23. The van der Waals surface area contributed by atoms with Gasteiger partial charge in [0.25, 0.3) is 5.56 Å². The van der Waals surface area contributed by atoms with Crippen molar-refractivity contribution in [3.05, 3.63) is 80.0 Å². The molecule has 0 radical (unpaired) electrons. The van der Waals surface area contributed by atoms with Crippen LogP contribution in [0.5, 0.6) is 0 Å². The second-order valence-corrected chi connectivity index (χ2v) is 8.61. The highest BCUT2D eigenvalue weighted by Gasteiger charge is 2.24. The van der Waals surface area contributed by atoms with Gasteiger partial charge in [-0.15, -0.1) is 0 Å². The predicted octanol–water partition coefficient (Wildman–Crippen LogP) is 5.71. The molecule has 8 nitrogen and oxygen atoms in total. The quantitative estimate of drug-likeness (QED) is 0.309. The number of aromatic amines is 1. The van der Waals surface area contributed by atoms with E-state index in [0.29, 0.717) is 39.9 Å². The number of fused-ring (bicyclic) bond motifs is 2. The molecule has 2 N–H and O–H groups in total. The molecule has 3 heterocycles. The summed E-state index contributed by atoms with van der Waals surface area (Å²) in [5.74, 6) is 0.0641. The Morgan fingerprint density at radius 3 is 2.74 bits per heavy atom. The third kappa shape index (κ3) is 3.75. The molecule has 0 bridgehead atoms. The van der Waals surface area contributed by atoms with Gasteiger partial charge in [0.1, 0.15) is 23.5 Å². The number of nitrogens with zero attached hydrogens (tertiary/aromatic N) is 5. The number of benzene rings is 2. The van der Waals surface area contributed by atoms with Crippen molar-refractivity contribution in [2.75, 3.05) is 5.32 Å². The SMILES string of the molecule is CCC(Nc1ncnc2[nH]cnc12)c1nc2ccc(F)c(Cl)c2c(=O)n1-c1ccc(Cl)cc1Cl. The first-order chi connectivity index (χ1) is 16.4. The summed E-state index contributed by atoms with van der Waals surface area (Å²) >= 11 is 18.7. The summed E-state index contributed by atoms with van der Waals surface area (Å²) < 4.78 is 15.6. The monoisotopic (exact) mass is 517 g/mol. The maximum absolute atomic E-state index is 14.2. The van der Waals surface area contributed by atoms with E-state index < -0.39 is 17.4 Å².